The molecule has 0 spiro atoms. The summed E-state index contributed by atoms with van der Waals surface area (Å²) in [6, 6.07) is 5.72. The summed E-state index contributed by atoms with van der Waals surface area (Å²) >= 11 is 0. The zero-order valence-electron chi connectivity index (χ0n) is 16.8. The van der Waals surface area contributed by atoms with Crippen LogP contribution in [0.3, 0.4) is 0 Å². The number of rotatable bonds is 9. The topological polar surface area (TPSA) is 105 Å². The molecule has 1 fully saturated rings. The molecule has 1 saturated carbocycles. The van der Waals surface area contributed by atoms with Gasteiger partial charge in [-0.15, -0.1) is 18.3 Å². The van der Waals surface area contributed by atoms with E-state index in [0.29, 0.717) is 5.89 Å². The van der Waals surface area contributed by atoms with E-state index in [1.165, 1.54) is 47.1 Å². The Hall–Kier alpha value is -2.78. The lowest BCUT2D eigenvalue weighted by molar-refractivity contribution is 0.102. The zero-order valence-corrected chi connectivity index (χ0v) is 17.6. The summed E-state index contributed by atoms with van der Waals surface area (Å²) in [6.07, 6.45) is 8.55. The largest absolute Gasteiger partial charge is 0.408 e. The van der Waals surface area contributed by atoms with Crippen LogP contribution in [0.5, 0.6) is 0 Å². The minimum absolute atomic E-state index is 0.0420. The minimum Gasteiger partial charge on any atom is -0.408 e. The molecular weight excluding hydrogens is 404 g/mol. The van der Waals surface area contributed by atoms with E-state index in [1.54, 1.807) is 0 Å². The molecule has 1 aromatic heterocycles. The molecule has 30 heavy (non-hydrogen) atoms. The number of carbonyl (C=O) groups excluding carboxylic acids is 1. The van der Waals surface area contributed by atoms with Crippen LogP contribution in [0.4, 0.5) is 6.01 Å². The maximum atomic E-state index is 12.7. The van der Waals surface area contributed by atoms with E-state index in [1.807, 2.05) is 0 Å². The highest BCUT2D eigenvalue weighted by molar-refractivity contribution is 7.89. The maximum absolute atomic E-state index is 12.7. The van der Waals surface area contributed by atoms with Gasteiger partial charge in [-0.1, -0.05) is 36.5 Å². The van der Waals surface area contributed by atoms with E-state index in [-0.39, 0.29) is 35.5 Å². The number of hydrogen-bond acceptors (Lipinski definition) is 6. The van der Waals surface area contributed by atoms with Crippen LogP contribution in [0.25, 0.3) is 0 Å². The molecule has 1 N–H and O–H groups in total. The summed E-state index contributed by atoms with van der Waals surface area (Å²) < 4.78 is 32.3. The predicted molar refractivity (Wildman–Crippen MR) is 114 cm³/mol. The lowest BCUT2D eigenvalue weighted by Crippen LogP contribution is -2.31. The number of sulfonamides is 1. The molecular formula is C21H26N4O4S. The first-order valence-electron chi connectivity index (χ1n) is 9.92. The van der Waals surface area contributed by atoms with Gasteiger partial charge >= 0.3 is 6.01 Å². The third-order valence-corrected chi connectivity index (χ3v) is 6.88. The van der Waals surface area contributed by atoms with E-state index < -0.39 is 15.9 Å². The van der Waals surface area contributed by atoms with Crippen molar-refractivity contribution in [3.05, 3.63) is 61.0 Å². The van der Waals surface area contributed by atoms with Gasteiger partial charge in [0.2, 0.25) is 15.9 Å². The van der Waals surface area contributed by atoms with Crippen molar-refractivity contribution in [1.82, 2.24) is 14.5 Å². The van der Waals surface area contributed by atoms with Crippen molar-refractivity contribution in [2.75, 3.05) is 18.4 Å². The molecule has 3 rings (SSSR count). The lowest BCUT2D eigenvalue weighted by Gasteiger charge is -2.19. The Labute approximate surface area is 176 Å². The highest BCUT2D eigenvalue weighted by Crippen LogP contribution is 2.32. The second-order valence-electron chi connectivity index (χ2n) is 7.16. The standard InChI is InChI=1S/C21H26N4O4S/c1-3-14-25(15-4-2)30(27,28)18-12-10-16(11-13-18)19(26)22-21-24-23-20(29-21)17-8-6-5-7-9-17/h3-4,10-13,17H,1-2,5-9,14-15H2,(H,22,24,26). The molecule has 8 nitrogen and oxygen atoms in total. The van der Waals surface area contributed by atoms with E-state index in [4.69, 9.17) is 4.42 Å². The normalized spacial score (nSPS) is 15.1. The van der Waals surface area contributed by atoms with Gasteiger partial charge in [0.05, 0.1) is 4.90 Å². The summed E-state index contributed by atoms with van der Waals surface area (Å²) in [4.78, 5) is 12.6. The lowest BCUT2D eigenvalue weighted by atomic mass is 9.89. The summed E-state index contributed by atoms with van der Waals surface area (Å²) in [6.45, 7) is 7.50. The van der Waals surface area contributed by atoms with Gasteiger partial charge in [-0.05, 0) is 37.1 Å². The number of carbonyl (C=O) groups is 1. The van der Waals surface area contributed by atoms with Gasteiger partial charge in [-0.3, -0.25) is 10.1 Å². The van der Waals surface area contributed by atoms with Gasteiger partial charge in [0, 0.05) is 24.6 Å². The third-order valence-electron chi connectivity index (χ3n) is 5.04. The van der Waals surface area contributed by atoms with Gasteiger partial charge in [-0.25, -0.2) is 8.42 Å². The van der Waals surface area contributed by atoms with Crippen LogP contribution >= 0.6 is 0 Å². The third kappa shape index (κ3) is 5.03. The van der Waals surface area contributed by atoms with Crippen LogP contribution in [-0.2, 0) is 10.0 Å². The van der Waals surface area contributed by atoms with Crippen molar-refractivity contribution in [2.24, 2.45) is 0 Å². The van der Waals surface area contributed by atoms with Crippen LogP contribution in [0.15, 0.2) is 58.9 Å². The molecule has 2 aromatic rings. The molecule has 1 heterocycles. The molecule has 0 unspecified atom stereocenters. The zero-order chi connectivity index (χ0) is 21.6. The molecule has 160 valence electrons. The van der Waals surface area contributed by atoms with Gasteiger partial charge < -0.3 is 4.42 Å². The quantitative estimate of drug-likeness (QED) is 0.608. The first kappa shape index (κ1) is 21.9. The first-order valence-corrected chi connectivity index (χ1v) is 11.4. The second-order valence-corrected chi connectivity index (χ2v) is 9.10. The fourth-order valence-electron chi connectivity index (χ4n) is 3.46. The maximum Gasteiger partial charge on any atom is 0.322 e. The highest BCUT2D eigenvalue weighted by Gasteiger charge is 2.24. The Morgan fingerprint density at radius 3 is 2.33 bits per heavy atom. The summed E-state index contributed by atoms with van der Waals surface area (Å²) in [5, 5.41) is 10.5. The van der Waals surface area contributed by atoms with Crippen LogP contribution in [-0.4, -0.2) is 41.9 Å². The summed E-state index contributed by atoms with van der Waals surface area (Å²) in [5.41, 5.74) is 0.283. The SMILES string of the molecule is C=CCN(CC=C)S(=O)(=O)c1ccc(C(=O)Nc2nnc(C3CCCCC3)o2)cc1. The number of anilines is 1. The Balaban J connectivity index is 1.68. The van der Waals surface area contributed by atoms with Crippen LogP contribution in [0, 0.1) is 0 Å². The minimum atomic E-state index is -3.72. The Bertz CT molecular complexity index is 982. The molecule has 1 aliphatic rings. The van der Waals surface area contributed by atoms with Gasteiger partial charge in [0.25, 0.3) is 5.91 Å². The molecule has 0 radical (unpaired) electrons. The van der Waals surface area contributed by atoms with E-state index in [0.717, 1.165) is 25.7 Å². The molecule has 0 saturated heterocycles. The van der Waals surface area contributed by atoms with Crippen molar-refractivity contribution in [3.8, 4) is 0 Å². The molecule has 0 bridgehead atoms. The summed E-state index contributed by atoms with van der Waals surface area (Å²) in [7, 11) is -3.72. The Morgan fingerprint density at radius 1 is 1.10 bits per heavy atom. The van der Waals surface area contributed by atoms with Crippen LogP contribution in [0.2, 0.25) is 0 Å². The van der Waals surface area contributed by atoms with Crippen molar-refractivity contribution in [2.45, 2.75) is 42.9 Å². The molecule has 1 aromatic carbocycles. The van der Waals surface area contributed by atoms with Crippen molar-refractivity contribution in [3.63, 3.8) is 0 Å². The smallest absolute Gasteiger partial charge is 0.322 e. The molecule has 9 heteroatoms. The number of nitrogens with one attached hydrogen (secondary N) is 1. The number of benzene rings is 1. The molecule has 1 amide bonds. The first-order chi connectivity index (χ1) is 14.5. The second kappa shape index (κ2) is 9.82. The average molecular weight is 431 g/mol. The highest BCUT2D eigenvalue weighted by atomic mass is 32.2. The predicted octanol–water partition coefficient (Wildman–Crippen LogP) is 3.73. The van der Waals surface area contributed by atoms with Crippen molar-refractivity contribution in [1.29, 1.82) is 0 Å². The number of hydrogen-bond donors (Lipinski definition) is 1. The van der Waals surface area contributed by atoms with E-state index in [9.17, 15) is 13.2 Å². The fourth-order valence-corrected chi connectivity index (χ4v) is 4.84. The Morgan fingerprint density at radius 2 is 1.73 bits per heavy atom. The molecule has 0 aliphatic heterocycles. The average Bonchev–Trinajstić information content (AvgIpc) is 3.23. The van der Waals surface area contributed by atoms with Crippen LogP contribution in [0.1, 0.15) is 54.3 Å². The number of nitrogens with zero attached hydrogens (tertiary/aromatic N) is 3. The number of amides is 1. The van der Waals surface area contributed by atoms with E-state index >= 15 is 0 Å². The van der Waals surface area contributed by atoms with Crippen LogP contribution < -0.4 is 5.32 Å². The molecule has 1 aliphatic carbocycles. The van der Waals surface area contributed by atoms with Gasteiger partial charge in [0.1, 0.15) is 0 Å². The monoisotopic (exact) mass is 430 g/mol. The van der Waals surface area contributed by atoms with Crippen molar-refractivity contribution >= 4 is 21.9 Å². The van der Waals surface area contributed by atoms with Crippen molar-refractivity contribution < 1.29 is 17.6 Å². The van der Waals surface area contributed by atoms with E-state index in [2.05, 4.69) is 28.7 Å². The van der Waals surface area contributed by atoms with Gasteiger partial charge in [-0.2, -0.15) is 4.31 Å². The van der Waals surface area contributed by atoms with Gasteiger partial charge in [0.15, 0.2) is 0 Å². The Kier molecular flexibility index (Phi) is 7.17. The summed E-state index contributed by atoms with van der Waals surface area (Å²) in [5.74, 6) is 0.346. The molecule has 0 atom stereocenters. The number of aromatic nitrogens is 2. The fraction of sp³-hybridized carbons (Fsp3) is 0.381.